The molecule has 6 nitrogen and oxygen atoms in total. The highest BCUT2D eigenvalue weighted by molar-refractivity contribution is 5.93. The molecule has 2 aliphatic heterocycles. The highest BCUT2D eigenvalue weighted by atomic mass is 16.6. The van der Waals surface area contributed by atoms with Crippen molar-refractivity contribution < 1.29 is 14.3 Å². The van der Waals surface area contributed by atoms with Crippen LogP contribution in [0.15, 0.2) is 36.5 Å². The van der Waals surface area contributed by atoms with Crippen LogP contribution in [-0.4, -0.2) is 41.6 Å². The number of likely N-dealkylation sites (tertiary alicyclic amines) is 1. The topological polar surface area (TPSA) is 63.7 Å². The summed E-state index contributed by atoms with van der Waals surface area (Å²) >= 11 is 0. The van der Waals surface area contributed by atoms with Crippen LogP contribution in [0, 0.1) is 0 Å². The van der Waals surface area contributed by atoms with Crippen LogP contribution in [0.5, 0.6) is 11.5 Å². The molecular weight excluding hydrogens is 342 g/mol. The molecule has 2 aliphatic rings. The van der Waals surface area contributed by atoms with E-state index in [1.54, 1.807) is 6.20 Å². The molecule has 3 heterocycles. The fraction of sp³-hybridized carbons (Fsp3) is 0.429. The zero-order chi connectivity index (χ0) is 18.6. The number of carbonyl (C=O) groups is 1. The molecule has 142 valence electrons. The number of rotatable bonds is 4. The van der Waals surface area contributed by atoms with Crippen LogP contribution < -0.4 is 14.8 Å². The van der Waals surface area contributed by atoms with E-state index in [0.29, 0.717) is 24.9 Å². The largest absolute Gasteiger partial charge is 0.486 e. The van der Waals surface area contributed by atoms with E-state index < -0.39 is 0 Å². The van der Waals surface area contributed by atoms with Crippen molar-refractivity contribution in [1.29, 1.82) is 0 Å². The monoisotopic (exact) mass is 367 g/mol. The number of carbonyl (C=O) groups excluding carboxylic acids is 1. The fourth-order valence-corrected chi connectivity index (χ4v) is 3.75. The second kappa shape index (κ2) is 7.86. The summed E-state index contributed by atoms with van der Waals surface area (Å²) in [5.74, 6) is 1.51. The Kier molecular flexibility index (Phi) is 5.14. The molecule has 1 unspecified atom stereocenters. The molecule has 1 aromatic heterocycles. The lowest BCUT2D eigenvalue weighted by atomic mass is 9.99. The van der Waals surface area contributed by atoms with E-state index in [1.807, 2.05) is 35.2 Å². The Morgan fingerprint density at radius 1 is 1.15 bits per heavy atom. The van der Waals surface area contributed by atoms with Gasteiger partial charge in [0.25, 0.3) is 5.91 Å². The number of anilines is 2. The standard InChI is InChI=1S/C21H25N3O3/c1-2-17-5-3-4-10-24(17)21(25)18-13-16(8-9-22-18)23-15-6-7-19-20(14-15)27-12-11-26-19/h6-9,13-14,17H,2-5,10-12H2,1H3,(H,22,23). The molecule has 1 atom stereocenters. The summed E-state index contributed by atoms with van der Waals surface area (Å²) in [5, 5.41) is 3.33. The molecule has 6 heteroatoms. The number of fused-ring (bicyclic) bond motifs is 1. The SMILES string of the molecule is CCC1CCCCN1C(=O)c1cc(Nc2ccc3c(c2)OCCO3)ccn1. The Morgan fingerprint density at radius 3 is 2.81 bits per heavy atom. The van der Waals surface area contributed by atoms with Gasteiger partial charge in [-0.05, 0) is 49.9 Å². The summed E-state index contributed by atoms with van der Waals surface area (Å²) in [6, 6.07) is 9.74. The number of piperidine rings is 1. The van der Waals surface area contributed by atoms with Crippen LogP contribution in [-0.2, 0) is 0 Å². The number of benzene rings is 1. The Bertz CT molecular complexity index is 824. The van der Waals surface area contributed by atoms with Crippen LogP contribution in [0.3, 0.4) is 0 Å². The zero-order valence-corrected chi connectivity index (χ0v) is 15.6. The lowest BCUT2D eigenvalue weighted by molar-refractivity contribution is 0.0602. The highest BCUT2D eigenvalue weighted by Gasteiger charge is 2.27. The van der Waals surface area contributed by atoms with Crippen LogP contribution in [0.1, 0.15) is 43.1 Å². The molecule has 1 saturated heterocycles. The minimum atomic E-state index is 0.0207. The van der Waals surface area contributed by atoms with Crippen LogP contribution in [0.25, 0.3) is 0 Å². The minimum Gasteiger partial charge on any atom is -0.486 e. The lowest BCUT2D eigenvalue weighted by Crippen LogP contribution is -2.43. The normalized spacial score (nSPS) is 18.9. The van der Waals surface area contributed by atoms with Crippen molar-refractivity contribution in [3.8, 4) is 11.5 Å². The maximum atomic E-state index is 13.0. The summed E-state index contributed by atoms with van der Waals surface area (Å²) in [5.41, 5.74) is 2.20. The number of ether oxygens (including phenoxy) is 2. The van der Waals surface area contributed by atoms with Gasteiger partial charge in [0.2, 0.25) is 0 Å². The summed E-state index contributed by atoms with van der Waals surface area (Å²) in [6.07, 6.45) is 6.01. The molecule has 0 radical (unpaired) electrons. The van der Waals surface area contributed by atoms with Gasteiger partial charge in [0, 0.05) is 36.2 Å². The van der Waals surface area contributed by atoms with Gasteiger partial charge in [0.1, 0.15) is 18.9 Å². The van der Waals surface area contributed by atoms with E-state index in [-0.39, 0.29) is 5.91 Å². The number of nitrogens with zero attached hydrogens (tertiary/aromatic N) is 2. The molecule has 0 aliphatic carbocycles. The van der Waals surface area contributed by atoms with E-state index >= 15 is 0 Å². The number of hydrogen-bond acceptors (Lipinski definition) is 5. The molecule has 1 aromatic carbocycles. The average Bonchev–Trinajstić information content (AvgIpc) is 2.73. The van der Waals surface area contributed by atoms with Gasteiger partial charge in [-0.3, -0.25) is 9.78 Å². The highest BCUT2D eigenvalue weighted by Crippen LogP contribution is 2.33. The Morgan fingerprint density at radius 2 is 1.96 bits per heavy atom. The van der Waals surface area contributed by atoms with Crippen molar-refractivity contribution in [2.45, 2.75) is 38.6 Å². The second-order valence-corrected chi connectivity index (χ2v) is 6.97. The molecule has 4 rings (SSSR count). The number of aromatic nitrogens is 1. The van der Waals surface area contributed by atoms with Gasteiger partial charge in [0.15, 0.2) is 11.5 Å². The summed E-state index contributed by atoms with van der Waals surface area (Å²) in [6.45, 7) is 4.09. The van der Waals surface area contributed by atoms with Crippen molar-refractivity contribution in [2.24, 2.45) is 0 Å². The number of hydrogen-bond donors (Lipinski definition) is 1. The number of amides is 1. The first kappa shape index (κ1) is 17.6. The molecule has 0 bridgehead atoms. The van der Waals surface area contributed by atoms with Crippen molar-refractivity contribution >= 4 is 17.3 Å². The molecule has 27 heavy (non-hydrogen) atoms. The Labute approximate surface area is 159 Å². The number of pyridine rings is 1. The predicted octanol–water partition coefficient (Wildman–Crippen LogP) is 4.00. The Balaban J connectivity index is 1.51. The smallest absolute Gasteiger partial charge is 0.272 e. The Hall–Kier alpha value is -2.76. The maximum Gasteiger partial charge on any atom is 0.272 e. The van der Waals surface area contributed by atoms with Gasteiger partial charge in [-0.2, -0.15) is 0 Å². The first-order valence-corrected chi connectivity index (χ1v) is 9.68. The molecule has 1 N–H and O–H groups in total. The molecule has 1 amide bonds. The first-order chi connectivity index (χ1) is 13.2. The molecule has 0 spiro atoms. The third-order valence-electron chi connectivity index (χ3n) is 5.17. The van der Waals surface area contributed by atoms with Crippen molar-refractivity contribution in [3.63, 3.8) is 0 Å². The van der Waals surface area contributed by atoms with Crippen LogP contribution in [0.2, 0.25) is 0 Å². The minimum absolute atomic E-state index is 0.0207. The first-order valence-electron chi connectivity index (χ1n) is 9.68. The molecule has 2 aromatic rings. The van der Waals surface area contributed by atoms with Gasteiger partial charge in [-0.25, -0.2) is 0 Å². The summed E-state index contributed by atoms with van der Waals surface area (Å²) < 4.78 is 11.2. The molecule has 1 fully saturated rings. The van der Waals surface area contributed by atoms with Crippen LogP contribution in [0.4, 0.5) is 11.4 Å². The van der Waals surface area contributed by atoms with Crippen molar-refractivity contribution in [3.05, 3.63) is 42.2 Å². The van der Waals surface area contributed by atoms with E-state index in [0.717, 1.165) is 48.7 Å². The lowest BCUT2D eigenvalue weighted by Gasteiger charge is -2.35. The van der Waals surface area contributed by atoms with Crippen molar-refractivity contribution in [2.75, 3.05) is 25.1 Å². The molecule has 0 saturated carbocycles. The van der Waals surface area contributed by atoms with E-state index in [2.05, 4.69) is 17.2 Å². The van der Waals surface area contributed by atoms with E-state index in [4.69, 9.17) is 9.47 Å². The zero-order valence-electron chi connectivity index (χ0n) is 15.6. The van der Waals surface area contributed by atoms with Crippen molar-refractivity contribution in [1.82, 2.24) is 9.88 Å². The molecular formula is C21H25N3O3. The third-order valence-corrected chi connectivity index (χ3v) is 5.17. The summed E-state index contributed by atoms with van der Waals surface area (Å²) in [7, 11) is 0. The number of nitrogens with one attached hydrogen (secondary N) is 1. The van der Waals surface area contributed by atoms with Crippen LogP contribution >= 0.6 is 0 Å². The quantitative estimate of drug-likeness (QED) is 0.885. The average molecular weight is 367 g/mol. The summed E-state index contributed by atoms with van der Waals surface area (Å²) in [4.78, 5) is 19.3. The second-order valence-electron chi connectivity index (χ2n) is 6.97. The van der Waals surface area contributed by atoms with E-state index in [9.17, 15) is 4.79 Å². The predicted molar refractivity (Wildman–Crippen MR) is 104 cm³/mol. The van der Waals surface area contributed by atoms with Gasteiger partial charge >= 0.3 is 0 Å². The van der Waals surface area contributed by atoms with E-state index in [1.165, 1.54) is 6.42 Å². The van der Waals surface area contributed by atoms with Gasteiger partial charge in [-0.1, -0.05) is 6.92 Å². The van der Waals surface area contributed by atoms with Gasteiger partial charge < -0.3 is 19.7 Å². The van der Waals surface area contributed by atoms with Gasteiger partial charge in [0.05, 0.1) is 0 Å². The third kappa shape index (κ3) is 3.84. The fourth-order valence-electron chi connectivity index (χ4n) is 3.75. The maximum absolute atomic E-state index is 13.0. The van der Waals surface area contributed by atoms with Gasteiger partial charge in [-0.15, -0.1) is 0 Å².